The van der Waals surface area contributed by atoms with Crippen molar-refractivity contribution in [3.05, 3.63) is 72.4 Å². The van der Waals surface area contributed by atoms with Crippen molar-refractivity contribution in [2.45, 2.75) is 6.61 Å². The fourth-order valence-corrected chi connectivity index (χ4v) is 2.54. The molecule has 102 valence electrons. The molecular weight excluding hydrogens is 260 g/mol. The zero-order chi connectivity index (χ0) is 14.1. The maximum Gasteiger partial charge on any atom is 0.138 e. The summed E-state index contributed by atoms with van der Waals surface area (Å²) in [6.45, 7) is 0.574. The van der Waals surface area contributed by atoms with Gasteiger partial charge in [-0.3, -0.25) is 0 Å². The van der Waals surface area contributed by atoms with Gasteiger partial charge in [-0.25, -0.2) is 4.98 Å². The van der Waals surface area contributed by atoms with Crippen LogP contribution in [0.1, 0.15) is 5.56 Å². The van der Waals surface area contributed by atoms with Gasteiger partial charge in [-0.1, -0.05) is 30.3 Å². The van der Waals surface area contributed by atoms with Crippen LogP contribution in [0.2, 0.25) is 0 Å². The third-order valence-corrected chi connectivity index (χ3v) is 3.59. The Kier molecular flexibility index (Phi) is 2.82. The highest BCUT2D eigenvalue weighted by Crippen LogP contribution is 2.27. The largest absolute Gasteiger partial charge is 0.489 e. The molecule has 0 aliphatic heterocycles. The summed E-state index contributed by atoms with van der Waals surface area (Å²) in [5.41, 5.74) is 3.12. The predicted octanol–water partition coefficient (Wildman–Crippen LogP) is 4.30. The van der Waals surface area contributed by atoms with Crippen molar-refractivity contribution in [2.75, 3.05) is 0 Å². The van der Waals surface area contributed by atoms with Gasteiger partial charge in [0, 0.05) is 23.0 Å². The first-order valence-electron chi connectivity index (χ1n) is 6.93. The first kappa shape index (κ1) is 12.0. The lowest BCUT2D eigenvalue weighted by atomic mass is 10.2. The van der Waals surface area contributed by atoms with E-state index in [1.54, 1.807) is 6.20 Å². The summed E-state index contributed by atoms with van der Waals surface area (Å²) in [7, 11) is 0. The highest BCUT2D eigenvalue weighted by Gasteiger charge is 2.05. The van der Waals surface area contributed by atoms with E-state index < -0.39 is 0 Å². The Morgan fingerprint density at radius 3 is 2.71 bits per heavy atom. The van der Waals surface area contributed by atoms with Crippen LogP contribution < -0.4 is 4.74 Å². The lowest BCUT2D eigenvalue weighted by Crippen LogP contribution is -1.94. The first-order valence-corrected chi connectivity index (χ1v) is 6.93. The van der Waals surface area contributed by atoms with E-state index in [1.165, 1.54) is 5.39 Å². The fraction of sp³-hybridized carbons (Fsp3) is 0.0556. The van der Waals surface area contributed by atoms with Gasteiger partial charge >= 0.3 is 0 Å². The molecule has 2 aromatic heterocycles. The highest BCUT2D eigenvalue weighted by atomic mass is 16.5. The molecule has 2 heterocycles. The van der Waals surface area contributed by atoms with Gasteiger partial charge < -0.3 is 9.72 Å². The number of benzene rings is 2. The Labute approximate surface area is 122 Å². The van der Waals surface area contributed by atoms with Crippen molar-refractivity contribution in [1.29, 1.82) is 0 Å². The Hall–Kier alpha value is -2.81. The second-order valence-corrected chi connectivity index (χ2v) is 5.01. The summed E-state index contributed by atoms with van der Waals surface area (Å²) in [6, 6.07) is 20.3. The van der Waals surface area contributed by atoms with Crippen molar-refractivity contribution in [2.24, 2.45) is 0 Å². The smallest absolute Gasteiger partial charge is 0.138 e. The summed E-state index contributed by atoms with van der Waals surface area (Å²) in [5, 5.41) is 2.31. The number of pyridine rings is 1. The van der Waals surface area contributed by atoms with Gasteiger partial charge in [0.1, 0.15) is 18.0 Å². The quantitative estimate of drug-likeness (QED) is 0.605. The van der Waals surface area contributed by atoms with Crippen LogP contribution >= 0.6 is 0 Å². The van der Waals surface area contributed by atoms with E-state index in [9.17, 15) is 0 Å². The topological polar surface area (TPSA) is 37.9 Å². The monoisotopic (exact) mass is 274 g/mol. The first-order chi connectivity index (χ1) is 10.4. The van der Waals surface area contributed by atoms with Crippen molar-refractivity contribution in [3.63, 3.8) is 0 Å². The van der Waals surface area contributed by atoms with Crippen LogP contribution in [0.25, 0.3) is 21.9 Å². The van der Waals surface area contributed by atoms with Gasteiger partial charge in [0.15, 0.2) is 0 Å². The third kappa shape index (κ3) is 2.23. The zero-order valence-electron chi connectivity index (χ0n) is 11.4. The Bertz CT molecular complexity index is 897. The summed E-state index contributed by atoms with van der Waals surface area (Å²) in [6.07, 6.45) is 1.80. The standard InChI is InChI=1S/C18H14N2O/c1-2-5-13(6-3-1)12-21-14-8-9-15-16-7-4-10-19-18(16)20-17(15)11-14/h1-11H,12H2,(H,19,20). The molecule has 0 atom stereocenters. The maximum absolute atomic E-state index is 5.86. The molecule has 0 radical (unpaired) electrons. The van der Waals surface area contributed by atoms with Crippen LogP contribution in [0.3, 0.4) is 0 Å². The van der Waals surface area contributed by atoms with Crippen molar-refractivity contribution in [1.82, 2.24) is 9.97 Å². The molecule has 1 N–H and O–H groups in total. The number of nitrogens with zero attached hydrogens (tertiary/aromatic N) is 1. The van der Waals surface area contributed by atoms with E-state index in [2.05, 4.69) is 34.2 Å². The van der Waals surface area contributed by atoms with Crippen LogP contribution in [0.4, 0.5) is 0 Å². The molecular formula is C18H14N2O. The molecule has 3 nitrogen and oxygen atoms in total. The predicted molar refractivity (Wildman–Crippen MR) is 84.4 cm³/mol. The summed E-state index contributed by atoms with van der Waals surface area (Å²) in [4.78, 5) is 7.67. The van der Waals surface area contributed by atoms with Gasteiger partial charge in [-0.15, -0.1) is 0 Å². The second-order valence-electron chi connectivity index (χ2n) is 5.01. The maximum atomic E-state index is 5.86. The Balaban J connectivity index is 1.66. The molecule has 0 aliphatic rings. The minimum Gasteiger partial charge on any atom is -0.489 e. The molecule has 21 heavy (non-hydrogen) atoms. The van der Waals surface area contributed by atoms with Gasteiger partial charge in [0.05, 0.1) is 5.52 Å². The lowest BCUT2D eigenvalue weighted by molar-refractivity contribution is 0.306. The Morgan fingerprint density at radius 1 is 0.905 bits per heavy atom. The molecule has 0 fully saturated rings. The van der Waals surface area contributed by atoms with E-state index in [1.807, 2.05) is 36.4 Å². The molecule has 0 unspecified atom stereocenters. The number of hydrogen-bond donors (Lipinski definition) is 1. The SMILES string of the molecule is c1ccc(COc2ccc3c(c2)[nH]c2ncccc23)cc1. The number of aromatic amines is 1. The van der Waals surface area contributed by atoms with Gasteiger partial charge in [-0.05, 0) is 29.8 Å². The van der Waals surface area contributed by atoms with Gasteiger partial charge in [-0.2, -0.15) is 0 Å². The minimum atomic E-state index is 0.574. The highest BCUT2D eigenvalue weighted by molar-refractivity contribution is 6.06. The van der Waals surface area contributed by atoms with Gasteiger partial charge in [0.2, 0.25) is 0 Å². The third-order valence-electron chi connectivity index (χ3n) is 3.59. The van der Waals surface area contributed by atoms with Crippen LogP contribution in [-0.2, 0) is 6.61 Å². The molecule has 0 bridgehead atoms. The number of hydrogen-bond acceptors (Lipinski definition) is 2. The molecule has 4 rings (SSSR count). The van der Waals surface area contributed by atoms with Crippen molar-refractivity contribution >= 4 is 21.9 Å². The number of fused-ring (bicyclic) bond motifs is 3. The van der Waals surface area contributed by atoms with E-state index in [4.69, 9.17) is 4.74 Å². The van der Waals surface area contributed by atoms with E-state index >= 15 is 0 Å². The van der Waals surface area contributed by atoms with Crippen molar-refractivity contribution in [3.8, 4) is 5.75 Å². The number of ether oxygens (including phenoxy) is 1. The molecule has 0 saturated heterocycles. The molecule has 2 aromatic carbocycles. The molecule has 4 aromatic rings. The molecule has 0 aliphatic carbocycles. The lowest BCUT2D eigenvalue weighted by Gasteiger charge is -2.06. The summed E-state index contributed by atoms with van der Waals surface area (Å²) >= 11 is 0. The van der Waals surface area contributed by atoms with Crippen LogP contribution in [-0.4, -0.2) is 9.97 Å². The minimum absolute atomic E-state index is 0.574. The average Bonchev–Trinajstić information content (AvgIpc) is 2.91. The van der Waals surface area contributed by atoms with Crippen molar-refractivity contribution < 1.29 is 4.74 Å². The molecule has 3 heteroatoms. The van der Waals surface area contributed by atoms with Gasteiger partial charge in [0.25, 0.3) is 0 Å². The van der Waals surface area contributed by atoms with E-state index in [-0.39, 0.29) is 0 Å². The number of rotatable bonds is 3. The van der Waals surface area contributed by atoms with E-state index in [0.717, 1.165) is 27.9 Å². The zero-order valence-corrected chi connectivity index (χ0v) is 11.4. The summed E-state index contributed by atoms with van der Waals surface area (Å²) in [5.74, 6) is 0.859. The van der Waals surface area contributed by atoms with Crippen LogP contribution in [0, 0.1) is 0 Å². The van der Waals surface area contributed by atoms with Crippen LogP contribution in [0.5, 0.6) is 5.75 Å². The average molecular weight is 274 g/mol. The Morgan fingerprint density at radius 2 is 1.81 bits per heavy atom. The second kappa shape index (κ2) is 4.94. The fourth-order valence-electron chi connectivity index (χ4n) is 2.54. The number of nitrogens with one attached hydrogen (secondary N) is 1. The molecule has 0 amide bonds. The molecule has 0 spiro atoms. The number of aromatic nitrogens is 2. The summed E-state index contributed by atoms with van der Waals surface area (Å²) < 4.78 is 5.86. The van der Waals surface area contributed by atoms with E-state index in [0.29, 0.717) is 6.61 Å². The van der Waals surface area contributed by atoms with Crippen LogP contribution in [0.15, 0.2) is 66.9 Å². The number of H-pyrrole nitrogens is 1. The normalized spacial score (nSPS) is 11.0. The molecule has 0 saturated carbocycles.